The summed E-state index contributed by atoms with van der Waals surface area (Å²) in [5.41, 5.74) is 3.41. The Labute approximate surface area is 169 Å². The Morgan fingerprint density at radius 3 is 2.66 bits per heavy atom. The van der Waals surface area contributed by atoms with Crippen molar-refractivity contribution in [2.75, 3.05) is 36.5 Å². The first-order valence-electron chi connectivity index (χ1n) is 9.62. The van der Waals surface area contributed by atoms with E-state index in [1.165, 1.54) is 0 Å². The molecule has 1 aliphatic rings. The zero-order valence-electron chi connectivity index (χ0n) is 16.0. The molecule has 1 aromatic carbocycles. The molecule has 3 aromatic rings. The van der Waals surface area contributed by atoms with Gasteiger partial charge in [0.1, 0.15) is 5.82 Å². The minimum absolute atomic E-state index is 0.164. The van der Waals surface area contributed by atoms with Crippen molar-refractivity contribution in [2.45, 2.75) is 6.54 Å². The summed E-state index contributed by atoms with van der Waals surface area (Å²) >= 11 is 0. The van der Waals surface area contributed by atoms with Gasteiger partial charge in [-0.1, -0.05) is 18.2 Å². The molecule has 29 heavy (non-hydrogen) atoms. The maximum absolute atomic E-state index is 12.5. The Hall–Kier alpha value is -3.45. The predicted octanol–water partition coefficient (Wildman–Crippen LogP) is 2.99. The number of morpholine rings is 1. The predicted molar refractivity (Wildman–Crippen MR) is 112 cm³/mol. The summed E-state index contributed by atoms with van der Waals surface area (Å²) in [5, 5.41) is 6.24. The van der Waals surface area contributed by atoms with Crippen molar-refractivity contribution in [3.05, 3.63) is 78.2 Å². The van der Waals surface area contributed by atoms with Crippen LogP contribution in [0.1, 0.15) is 16.1 Å². The number of amides is 1. The van der Waals surface area contributed by atoms with E-state index in [0.29, 0.717) is 17.9 Å². The Balaban J connectivity index is 1.46. The van der Waals surface area contributed by atoms with E-state index in [-0.39, 0.29) is 5.91 Å². The second-order valence-electron chi connectivity index (χ2n) is 6.68. The molecule has 7 heteroatoms. The quantitative estimate of drug-likeness (QED) is 0.675. The molecule has 1 saturated heterocycles. The maximum atomic E-state index is 12.5. The van der Waals surface area contributed by atoms with E-state index in [4.69, 9.17) is 4.74 Å². The molecule has 0 aliphatic carbocycles. The molecular formula is C22H23N5O2. The highest BCUT2D eigenvalue weighted by Gasteiger charge is 2.15. The third-order valence-corrected chi connectivity index (χ3v) is 4.70. The zero-order chi connectivity index (χ0) is 19.9. The number of pyridine rings is 2. The number of hydrogen-bond donors (Lipinski definition) is 2. The Kier molecular flexibility index (Phi) is 5.97. The SMILES string of the molecule is O=C(NCc1ccccn1)c1ccnc(Nc2ccccc2N2CCOCC2)c1. The summed E-state index contributed by atoms with van der Waals surface area (Å²) in [6, 6.07) is 17.2. The van der Waals surface area contributed by atoms with Gasteiger partial charge in [-0.05, 0) is 36.4 Å². The van der Waals surface area contributed by atoms with Crippen LogP contribution in [-0.4, -0.2) is 42.2 Å². The second-order valence-corrected chi connectivity index (χ2v) is 6.68. The van der Waals surface area contributed by atoms with E-state index < -0.39 is 0 Å². The van der Waals surface area contributed by atoms with Crippen LogP contribution in [0.5, 0.6) is 0 Å². The number of nitrogens with one attached hydrogen (secondary N) is 2. The average Bonchev–Trinajstić information content (AvgIpc) is 2.79. The van der Waals surface area contributed by atoms with E-state index in [9.17, 15) is 4.79 Å². The van der Waals surface area contributed by atoms with E-state index in [1.807, 2.05) is 36.4 Å². The third kappa shape index (κ3) is 4.89. The monoisotopic (exact) mass is 389 g/mol. The molecule has 0 saturated carbocycles. The Morgan fingerprint density at radius 2 is 1.83 bits per heavy atom. The second kappa shape index (κ2) is 9.16. The molecule has 0 atom stereocenters. The first-order chi connectivity index (χ1) is 14.3. The van der Waals surface area contributed by atoms with Crippen molar-refractivity contribution < 1.29 is 9.53 Å². The molecule has 0 spiro atoms. The number of para-hydroxylation sites is 2. The maximum Gasteiger partial charge on any atom is 0.251 e. The number of carbonyl (C=O) groups is 1. The van der Waals surface area contributed by atoms with Gasteiger partial charge in [0, 0.05) is 31.0 Å². The Morgan fingerprint density at radius 1 is 1.00 bits per heavy atom. The molecule has 1 amide bonds. The molecule has 4 rings (SSSR count). The number of aromatic nitrogens is 2. The van der Waals surface area contributed by atoms with Crippen LogP contribution in [0.3, 0.4) is 0 Å². The van der Waals surface area contributed by atoms with Crippen molar-refractivity contribution >= 4 is 23.1 Å². The molecule has 2 aromatic heterocycles. The van der Waals surface area contributed by atoms with Gasteiger partial charge in [0.2, 0.25) is 0 Å². The summed E-state index contributed by atoms with van der Waals surface area (Å²) in [7, 11) is 0. The lowest BCUT2D eigenvalue weighted by Gasteiger charge is -2.30. The van der Waals surface area contributed by atoms with E-state index in [1.54, 1.807) is 24.5 Å². The number of carbonyl (C=O) groups excluding carboxylic acids is 1. The summed E-state index contributed by atoms with van der Waals surface area (Å²) in [4.78, 5) is 23.4. The van der Waals surface area contributed by atoms with Crippen LogP contribution in [-0.2, 0) is 11.3 Å². The van der Waals surface area contributed by atoms with Crippen molar-refractivity contribution in [3.8, 4) is 0 Å². The van der Waals surface area contributed by atoms with Crippen molar-refractivity contribution in [2.24, 2.45) is 0 Å². The number of rotatable bonds is 6. The summed E-state index contributed by atoms with van der Waals surface area (Å²) in [6.45, 7) is 3.52. The summed E-state index contributed by atoms with van der Waals surface area (Å²) < 4.78 is 5.45. The van der Waals surface area contributed by atoms with Gasteiger partial charge in [0.15, 0.2) is 0 Å². The molecule has 1 fully saturated rings. The fourth-order valence-electron chi connectivity index (χ4n) is 3.21. The normalized spacial score (nSPS) is 13.7. The largest absolute Gasteiger partial charge is 0.378 e. The van der Waals surface area contributed by atoms with Gasteiger partial charge < -0.3 is 20.3 Å². The van der Waals surface area contributed by atoms with Gasteiger partial charge in [-0.3, -0.25) is 9.78 Å². The molecule has 0 radical (unpaired) electrons. The van der Waals surface area contributed by atoms with E-state index >= 15 is 0 Å². The smallest absolute Gasteiger partial charge is 0.251 e. The zero-order valence-corrected chi connectivity index (χ0v) is 16.0. The van der Waals surface area contributed by atoms with Gasteiger partial charge in [-0.2, -0.15) is 0 Å². The van der Waals surface area contributed by atoms with Gasteiger partial charge in [0.25, 0.3) is 5.91 Å². The molecule has 7 nitrogen and oxygen atoms in total. The highest BCUT2D eigenvalue weighted by Crippen LogP contribution is 2.28. The first kappa shape index (κ1) is 18.9. The molecule has 3 heterocycles. The lowest BCUT2D eigenvalue weighted by molar-refractivity contribution is 0.0950. The van der Waals surface area contributed by atoms with Crippen LogP contribution in [0, 0.1) is 0 Å². The topological polar surface area (TPSA) is 79.4 Å². The number of nitrogens with zero attached hydrogens (tertiary/aromatic N) is 3. The van der Waals surface area contributed by atoms with Gasteiger partial charge in [-0.25, -0.2) is 4.98 Å². The summed E-state index contributed by atoms with van der Waals surface area (Å²) in [6.07, 6.45) is 3.34. The Bertz CT molecular complexity index is 958. The highest BCUT2D eigenvalue weighted by atomic mass is 16.5. The summed E-state index contributed by atoms with van der Waals surface area (Å²) in [5.74, 6) is 0.457. The van der Waals surface area contributed by atoms with E-state index in [0.717, 1.165) is 43.4 Å². The van der Waals surface area contributed by atoms with Crippen molar-refractivity contribution in [1.29, 1.82) is 0 Å². The fourth-order valence-corrected chi connectivity index (χ4v) is 3.21. The molecule has 2 N–H and O–H groups in total. The van der Waals surface area contributed by atoms with Gasteiger partial charge >= 0.3 is 0 Å². The average molecular weight is 389 g/mol. The molecule has 0 unspecified atom stereocenters. The third-order valence-electron chi connectivity index (χ3n) is 4.70. The van der Waals surface area contributed by atoms with Gasteiger partial charge in [-0.15, -0.1) is 0 Å². The number of benzene rings is 1. The fraction of sp³-hybridized carbons (Fsp3) is 0.227. The van der Waals surface area contributed by atoms with Crippen LogP contribution in [0.15, 0.2) is 67.0 Å². The van der Waals surface area contributed by atoms with Crippen molar-refractivity contribution in [3.63, 3.8) is 0 Å². The number of hydrogen-bond acceptors (Lipinski definition) is 6. The van der Waals surface area contributed by atoms with Crippen LogP contribution in [0.4, 0.5) is 17.2 Å². The van der Waals surface area contributed by atoms with Crippen molar-refractivity contribution in [1.82, 2.24) is 15.3 Å². The molecule has 0 bridgehead atoms. The highest BCUT2D eigenvalue weighted by molar-refractivity contribution is 5.95. The van der Waals surface area contributed by atoms with Crippen LogP contribution in [0.2, 0.25) is 0 Å². The minimum atomic E-state index is -0.164. The molecule has 148 valence electrons. The lowest BCUT2D eigenvalue weighted by Crippen LogP contribution is -2.36. The molecular weight excluding hydrogens is 366 g/mol. The van der Waals surface area contributed by atoms with Crippen LogP contribution >= 0.6 is 0 Å². The van der Waals surface area contributed by atoms with Crippen LogP contribution < -0.4 is 15.5 Å². The van der Waals surface area contributed by atoms with Gasteiger partial charge in [0.05, 0.1) is 36.8 Å². The minimum Gasteiger partial charge on any atom is -0.378 e. The number of ether oxygens (including phenoxy) is 1. The lowest BCUT2D eigenvalue weighted by atomic mass is 10.2. The van der Waals surface area contributed by atoms with Crippen LogP contribution in [0.25, 0.3) is 0 Å². The first-order valence-corrected chi connectivity index (χ1v) is 9.62. The van der Waals surface area contributed by atoms with E-state index in [2.05, 4.69) is 31.6 Å². The molecule has 1 aliphatic heterocycles. The standard InChI is InChI=1S/C22H23N5O2/c28-22(25-16-18-5-3-4-9-23-18)17-8-10-24-21(15-17)26-19-6-1-2-7-20(19)27-11-13-29-14-12-27/h1-10,15H,11-14,16H2,(H,24,26)(H,25,28). The number of anilines is 3.